The summed E-state index contributed by atoms with van der Waals surface area (Å²) in [4.78, 5) is 11.9. The summed E-state index contributed by atoms with van der Waals surface area (Å²) in [6, 6.07) is 7.58. The van der Waals surface area contributed by atoms with Gasteiger partial charge in [0.15, 0.2) is 0 Å². The van der Waals surface area contributed by atoms with Gasteiger partial charge in [-0.05, 0) is 43.5 Å². The van der Waals surface area contributed by atoms with Crippen molar-refractivity contribution < 1.29 is 9.53 Å². The second-order valence-corrected chi connectivity index (χ2v) is 6.05. The molecule has 1 N–H and O–H groups in total. The van der Waals surface area contributed by atoms with Crippen LogP contribution in [0.25, 0.3) is 6.08 Å². The standard InChI is InChI=1S/C16H17N3O2S/c1-2-21-13-8-3-11(4-9-13)5-10-14(20)17-16-19-18-15(22-16)12-6-7-12/h3-5,8-10,12H,2,6-7H2,1H3,(H,17,19,20)/b10-5+. The molecule has 1 aromatic heterocycles. The molecule has 0 saturated heterocycles. The van der Waals surface area contributed by atoms with Gasteiger partial charge in [0.2, 0.25) is 11.0 Å². The van der Waals surface area contributed by atoms with Crippen LogP contribution in [0.1, 0.15) is 36.3 Å². The summed E-state index contributed by atoms with van der Waals surface area (Å²) in [6.45, 7) is 2.59. The lowest BCUT2D eigenvalue weighted by molar-refractivity contribution is -0.111. The van der Waals surface area contributed by atoms with Crippen LogP contribution >= 0.6 is 11.3 Å². The fourth-order valence-corrected chi connectivity index (χ4v) is 2.86. The van der Waals surface area contributed by atoms with Gasteiger partial charge >= 0.3 is 0 Å². The molecule has 2 aromatic rings. The van der Waals surface area contributed by atoms with E-state index >= 15 is 0 Å². The number of benzene rings is 1. The molecule has 0 atom stereocenters. The number of nitrogens with zero attached hydrogens (tertiary/aromatic N) is 2. The lowest BCUT2D eigenvalue weighted by Crippen LogP contribution is -2.07. The minimum Gasteiger partial charge on any atom is -0.494 e. The molecule has 1 heterocycles. The van der Waals surface area contributed by atoms with E-state index in [0.717, 1.165) is 16.3 Å². The Morgan fingerprint density at radius 3 is 2.82 bits per heavy atom. The molecule has 0 aliphatic heterocycles. The monoisotopic (exact) mass is 315 g/mol. The number of nitrogens with one attached hydrogen (secondary N) is 1. The molecular formula is C16H17N3O2S. The van der Waals surface area contributed by atoms with Crippen molar-refractivity contribution in [3.63, 3.8) is 0 Å². The van der Waals surface area contributed by atoms with E-state index < -0.39 is 0 Å². The number of amides is 1. The molecule has 1 aromatic carbocycles. The van der Waals surface area contributed by atoms with E-state index in [1.165, 1.54) is 30.3 Å². The Morgan fingerprint density at radius 1 is 1.36 bits per heavy atom. The van der Waals surface area contributed by atoms with Crippen molar-refractivity contribution in [2.75, 3.05) is 11.9 Å². The van der Waals surface area contributed by atoms with E-state index in [1.807, 2.05) is 31.2 Å². The molecule has 1 amide bonds. The van der Waals surface area contributed by atoms with Gasteiger partial charge in [0.05, 0.1) is 6.61 Å². The summed E-state index contributed by atoms with van der Waals surface area (Å²) in [5.74, 6) is 1.18. The molecular weight excluding hydrogens is 298 g/mol. The lowest BCUT2D eigenvalue weighted by atomic mass is 10.2. The summed E-state index contributed by atoms with van der Waals surface area (Å²) in [5.41, 5.74) is 0.939. The molecule has 0 bridgehead atoms. The summed E-state index contributed by atoms with van der Waals surface area (Å²) in [7, 11) is 0. The van der Waals surface area contributed by atoms with Crippen molar-refractivity contribution >= 4 is 28.5 Å². The molecule has 114 valence electrons. The van der Waals surface area contributed by atoms with E-state index in [2.05, 4.69) is 15.5 Å². The zero-order valence-corrected chi connectivity index (χ0v) is 13.1. The first-order valence-corrected chi connectivity index (χ1v) is 8.11. The van der Waals surface area contributed by atoms with Crippen LogP contribution in [0.4, 0.5) is 5.13 Å². The third-order valence-corrected chi connectivity index (χ3v) is 4.22. The van der Waals surface area contributed by atoms with Gasteiger partial charge in [-0.1, -0.05) is 23.5 Å². The maximum absolute atomic E-state index is 11.9. The highest BCUT2D eigenvalue weighted by Crippen LogP contribution is 2.41. The number of hydrogen-bond acceptors (Lipinski definition) is 5. The van der Waals surface area contributed by atoms with Gasteiger partial charge in [-0.3, -0.25) is 10.1 Å². The van der Waals surface area contributed by atoms with E-state index in [-0.39, 0.29) is 5.91 Å². The maximum atomic E-state index is 11.9. The second-order valence-electron chi connectivity index (χ2n) is 5.04. The Kier molecular flexibility index (Phi) is 4.48. The average Bonchev–Trinajstić information content (AvgIpc) is 3.27. The van der Waals surface area contributed by atoms with Gasteiger partial charge in [0.1, 0.15) is 10.8 Å². The molecule has 0 unspecified atom stereocenters. The fourth-order valence-electron chi connectivity index (χ4n) is 1.94. The van der Waals surface area contributed by atoms with Gasteiger partial charge in [0.25, 0.3) is 0 Å². The van der Waals surface area contributed by atoms with Crippen molar-refractivity contribution in [3.05, 3.63) is 40.9 Å². The number of carbonyl (C=O) groups is 1. The molecule has 0 spiro atoms. The summed E-state index contributed by atoms with van der Waals surface area (Å²) in [6.07, 6.45) is 5.61. The smallest absolute Gasteiger partial charge is 0.250 e. The highest BCUT2D eigenvalue weighted by Gasteiger charge is 2.27. The van der Waals surface area contributed by atoms with Gasteiger partial charge < -0.3 is 4.74 Å². The van der Waals surface area contributed by atoms with Crippen LogP contribution in [-0.4, -0.2) is 22.7 Å². The number of anilines is 1. The molecule has 1 aliphatic carbocycles. The average molecular weight is 315 g/mol. The lowest BCUT2D eigenvalue weighted by Gasteiger charge is -2.02. The van der Waals surface area contributed by atoms with E-state index in [1.54, 1.807) is 6.08 Å². The predicted octanol–water partition coefficient (Wildman–Crippen LogP) is 3.47. The van der Waals surface area contributed by atoms with Crippen molar-refractivity contribution in [2.24, 2.45) is 0 Å². The Labute approximate surface area is 133 Å². The van der Waals surface area contributed by atoms with Crippen molar-refractivity contribution in [3.8, 4) is 5.75 Å². The molecule has 1 aliphatic rings. The Balaban J connectivity index is 1.55. The first-order valence-electron chi connectivity index (χ1n) is 7.30. The SMILES string of the molecule is CCOc1ccc(/C=C/C(=O)Nc2nnc(C3CC3)s2)cc1. The molecule has 1 saturated carbocycles. The quantitative estimate of drug-likeness (QED) is 0.829. The molecule has 0 radical (unpaired) electrons. The van der Waals surface area contributed by atoms with Gasteiger partial charge in [0, 0.05) is 12.0 Å². The molecule has 6 heteroatoms. The number of carbonyl (C=O) groups excluding carboxylic acids is 1. The van der Waals surface area contributed by atoms with E-state index in [0.29, 0.717) is 17.7 Å². The first-order chi connectivity index (χ1) is 10.7. The number of rotatable bonds is 6. The topological polar surface area (TPSA) is 64.1 Å². The Morgan fingerprint density at radius 2 is 2.14 bits per heavy atom. The van der Waals surface area contributed by atoms with Crippen LogP contribution in [0, 0.1) is 0 Å². The minimum absolute atomic E-state index is 0.201. The third-order valence-electron chi connectivity index (χ3n) is 3.22. The largest absolute Gasteiger partial charge is 0.494 e. The molecule has 22 heavy (non-hydrogen) atoms. The van der Waals surface area contributed by atoms with Crippen LogP contribution in [0.5, 0.6) is 5.75 Å². The normalized spacial score (nSPS) is 14.2. The van der Waals surface area contributed by atoms with Gasteiger partial charge in [-0.25, -0.2) is 0 Å². The maximum Gasteiger partial charge on any atom is 0.250 e. The minimum atomic E-state index is -0.201. The Hall–Kier alpha value is -2.21. The van der Waals surface area contributed by atoms with E-state index in [9.17, 15) is 4.79 Å². The van der Waals surface area contributed by atoms with Crippen LogP contribution < -0.4 is 10.1 Å². The highest BCUT2D eigenvalue weighted by atomic mass is 32.1. The van der Waals surface area contributed by atoms with Crippen molar-refractivity contribution in [2.45, 2.75) is 25.7 Å². The van der Waals surface area contributed by atoms with Crippen LogP contribution in [-0.2, 0) is 4.79 Å². The predicted molar refractivity (Wildman–Crippen MR) is 87.2 cm³/mol. The first kappa shape index (κ1) is 14.7. The zero-order valence-electron chi connectivity index (χ0n) is 12.3. The van der Waals surface area contributed by atoms with Crippen LogP contribution in [0.15, 0.2) is 30.3 Å². The molecule has 5 nitrogen and oxygen atoms in total. The van der Waals surface area contributed by atoms with Gasteiger partial charge in [-0.15, -0.1) is 10.2 Å². The summed E-state index contributed by atoms with van der Waals surface area (Å²) in [5, 5.41) is 12.4. The van der Waals surface area contributed by atoms with Crippen LogP contribution in [0.2, 0.25) is 0 Å². The number of hydrogen-bond donors (Lipinski definition) is 1. The molecule has 3 rings (SSSR count). The van der Waals surface area contributed by atoms with E-state index in [4.69, 9.17) is 4.74 Å². The summed E-state index contributed by atoms with van der Waals surface area (Å²) >= 11 is 1.46. The number of ether oxygens (including phenoxy) is 1. The molecule has 1 fully saturated rings. The fraction of sp³-hybridized carbons (Fsp3) is 0.312. The number of aromatic nitrogens is 2. The van der Waals surface area contributed by atoms with Crippen molar-refractivity contribution in [1.29, 1.82) is 0 Å². The summed E-state index contributed by atoms with van der Waals surface area (Å²) < 4.78 is 5.37. The highest BCUT2D eigenvalue weighted by molar-refractivity contribution is 7.15. The van der Waals surface area contributed by atoms with Crippen molar-refractivity contribution in [1.82, 2.24) is 10.2 Å². The third kappa shape index (κ3) is 3.92. The van der Waals surface area contributed by atoms with Crippen LogP contribution in [0.3, 0.4) is 0 Å². The Bertz CT molecular complexity index is 675. The zero-order chi connectivity index (χ0) is 15.4. The van der Waals surface area contributed by atoms with Gasteiger partial charge in [-0.2, -0.15) is 0 Å². The second kappa shape index (κ2) is 6.70.